The lowest BCUT2D eigenvalue weighted by molar-refractivity contribution is 0.193. The Bertz CT molecular complexity index is 263. The van der Waals surface area contributed by atoms with Gasteiger partial charge in [0.1, 0.15) is 0 Å². The molecule has 0 aliphatic heterocycles. The van der Waals surface area contributed by atoms with Crippen molar-refractivity contribution in [2.45, 2.75) is 71.6 Å². The van der Waals surface area contributed by atoms with Crippen LogP contribution in [-0.4, -0.2) is 28.1 Å². The third-order valence-corrected chi connectivity index (χ3v) is 3.31. The van der Waals surface area contributed by atoms with Crippen LogP contribution in [0.2, 0.25) is 0 Å². The third kappa shape index (κ3) is 28.6. The summed E-state index contributed by atoms with van der Waals surface area (Å²) in [4.78, 5) is 16.8. The Morgan fingerprint density at radius 2 is 1.52 bits per heavy atom. The number of allylic oxidation sites excluding steroid dienone is 1. The monoisotopic (exact) mass is 324 g/mol. The van der Waals surface area contributed by atoms with Crippen LogP contribution in [0.3, 0.4) is 0 Å². The van der Waals surface area contributed by atoms with Crippen LogP contribution in [0.5, 0.6) is 0 Å². The van der Waals surface area contributed by atoms with E-state index in [0.29, 0.717) is 0 Å². The molecule has 0 amide bonds. The van der Waals surface area contributed by atoms with Crippen molar-refractivity contribution in [2.24, 2.45) is 0 Å². The molecule has 6 heteroatoms. The molecular formula is C15H33O5P. The van der Waals surface area contributed by atoms with Gasteiger partial charge in [-0.3, -0.25) is 4.52 Å². The summed E-state index contributed by atoms with van der Waals surface area (Å²) in [7, 11) is -4.24. The van der Waals surface area contributed by atoms with Crippen molar-refractivity contribution in [3.8, 4) is 0 Å². The highest BCUT2D eigenvalue weighted by molar-refractivity contribution is 7.46. The van der Waals surface area contributed by atoms with E-state index in [1.54, 1.807) is 0 Å². The van der Waals surface area contributed by atoms with Gasteiger partial charge in [0.25, 0.3) is 0 Å². The molecule has 0 rings (SSSR count). The van der Waals surface area contributed by atoms with Crippen molar-refractivity contribution in [3.05, 3.63) is 12.2 Å². The SMILES string of the molecule is CC=CCCO.CCCCCCCCCCOP(=O)(O)O. The molecule has 0 aromatic heterocycles. The van der Waals surface area contributed by atoms with Crippen LogP contribution in [0.15, 0.2) is 12.2 Å². The van der Waals surface area contributed by atoms with Gasteiger partial charge in [-0.2, -0.15) is 0 Å². The van der Waals surface area contributed by atoms with Crippen LogP contribution in [0.25, 0.3) is 0 Å². The van der Waals surface area contributed by atoms with E-state index in [9.17, 15) is 4.57 Å². The fourth-order valence-electron chi connectivity index (χ4n) is 1.66. The second-order valence-electron chi connectivity index (χ2n) is 4.88. The molecule has 128 valence electrons. The molecule has 3 N–H and O–H groups in total. The summed E-state index contributed by atoms with van der Waals surface area (Å²) in [5, 5.41) is 8.15. The van der Waals surface area contributed by atoms with E-state index < -0.39 is 7.82 Å². The normalized spacial score (nSPS) is 11.5. The van der Waals surface area contributed by atoms with Crippen molar-refractivity contribution in [1.29, 1.82) is 0 Å². The van der Waals surface area contributed by atoms with Crippen LogP contribution < -0.4 is 0 Å². The lowest BCUT2D eigenvalue weighted by Gasteiger charge is -2.04. The lowest BCUT2D eigenvalue weighted by atomic mass is 10.1. The smallest absolute Gasteiger partial charge is 0.396 e. The predicted molar refractivity (Wildman–Crippen MR) is 87.1 cm³/mol. The Kier molecular flexibility index (Phi) is 19.6. The van der Waals surface area contributed by atoms with Gasteiger partial charge in [-0.1, -0.05) is 64.0 Å². The number of hydrogen-bond donors (Lipinski definition) is 3. The molecule has 0 saturated carbocycles. The van der Waals surface area contributed by atoms with E-state index in [1.807, 2.05) is 19.1 Å². The minimum Gasteiger partial charge on any atom is -0.396 e. The van der Waals surface area contributed by atoms with Gasteiger partial charge in [-0.15, -0.1) is 0 Å². The molecule has 21 heavy (non-hydrogen) atoms. The molecule has 0 saturated heterocycles. The highest BCUT2D eigenvalue weighted by Gasteiger charge is 2.12. The summed E-state index contributed by atoms with van der Waals surface area (Å²) in [5.41, 5.74) is 0. The molecule has 0 fully saturated rings. The first-order valence-electron chi connectivity index (χ1n) is 7.90. The van der Waals surface area contributed by atoms with Crippen LogP contribution in [0, 0.1) is 0 Å². The highest BCUT2D eigenvalue weighted by Crippen LogP contribution is 2.35. The quantitative estimate of drug-likeness (QED) is 0.285. The largest absolute Gasteiger partial charge is 0.469 e. The van der Waals surface area contributed by atoms with E-state index in [1.165, 1.54) is 32.1 Å². The Balaban J connectivity index is 0. The van der Waals surface area contributed by atoms with Gasteiger partial charge in [-0.25, -0.2) is 4.57 Å². The van der Waals surface area contributed by atoms with Gasteiger partial charge in [0.2, 0.25) is 0 Å². The van der Waals surface area contributed by atoms with Crippen molar-refractivity contribution in [1.82, 2.24) is 0 Å². The third-order valence-electron chi connectivity index (χ3n) is 2.79. The molecular weight excluding hydrogens is 291 g/mol. The van der Waals surface area contributed by atoms with Crippen LogP contribution in [0.1, 0.15) is 71.6 Å². The van der Waals surface area contributed by atoms with Crippen molar-refractivity contribution >= 4 is 7.82 Å². The molecule has 5 nitrogen and oxygen atoms in total. The fraction of sp³-hybridized carbons (Fsp3) is 0.867. The van der Waals surface area contributed by atoms with Gasteiger partial charge in [-0.05, 0) is 19.8 Å². The number of aliphatic hydroxyl groups excluding tert-OH is 1. The van der Waals surface area contributed by atoms with Crippen molar-refractivity contribution in [3.63, 3.8) is 0 Å². The van der Waals surface area contributed by atoms with E-state index >= 15 is 0 Å². The first-order chi connectivity index (χ1) is 9.97. The summed E-state index contributed by atoms with van der Waals surface area (Å²) in [6, 6.07) is 0. The highest BCUT2D eigenvalue weighted by atomic mass is 31.2. The van der Waals surface area contributed by atoms with E-state index in [-0.39, 0.29) is 13.2 Å². The minimum absolute atomic E-state index is 0.166. The van der Waals surface area contributed by atoms with Crippen LogP contribution in [0.4, 0.5) is 0 Å². The second-order valence-corrected chi connectivity index (χ2v) is 6.12. The minimum atomic E-state index is -4.24. The molecule has 0 atom stereocenters. The van der Waals surface area contributed by atoms with E-state index in [0.717, 1.165) is 25.7 Å². The summed E-state index contributed by atoms with van der Waals surface area (Å²) in [5.74, 6) is 0. The predicted octanol–water partition coefficient (Wildman–Crippen LogP) is 4.18. The number of hydrogen-bond acceptors (Lipinski definition) is 3. The van der Waals surface area contributed by atoms with Gasteiger partial charge < -0.3 is 14.9 Å². The summed E-state index contributed by atoms with van der Waals surface area (Å²) in [6.45, 7) is 4.57. The van der Waals surface area contributed by atoms with Gasteiger partial charge in [0.05, 0.1) is 6.61 Å². The van der Waals surface area contributed by atoms with Gasteiger partial charge >= 0.3 is 7.82 Å². The molecule has 0 aliphatic rings. The van der Waals surface area contributed by atoms with Crippen molar-refractivity contribution in [2.75, 3.05) is 13.2 Å². The maximum atomic E-state index is 10.3. The van der Waals surface area contributed by atoms with Crippen molar-refractivity contribution < 1.29 is 24.0 Å². The number of rotatable bonds is 12. The Morgan fingerprint density at radius 3 is 1.90 bits per heavy atom. The molecule has 0 spiro atoms. The van der Waals surface area contributed by atoms with Crippen LogP contribution >= 0.6 is 7.82 Å². The molecule has 0 aliphatic carbocycles. The number of unbranched alkanes of at least 4 members (excludes halogenated alkanes) is 7. The zero-order valence-electron chi connectivity index (χ0n) is 13.5. The first kappa shape index (κ1) is 23.1. The van der Waals surface area contributed by atoms with E-state index in [2.05, 4.69) is 11.4 Å². The lowest BCUT2D eigenvalue weighted by Crippen LogP contribution is -1.92. The molecule has 0 unspecified atom stereocenters. The Morgan fingerprint density at radius 1 is 1.00 bits per heavy atom. The summed E-state index contributed by atoms with van der Waals surface area (Å²) < 4.78 is 14.7. The summed E-state index contributed by atoms with van der Waals surface area (Å²) in [6.07, 6.45) is 13.9. The maximum absolute atomic E-state index is 10.3. The first-order valence-corrected chi connectivity index (χ1v) is 9.43. The van der Waals surface area contributed by atoms with Crippen LogP contribution in [-0.2, 0) is 9.09 Å². The molecule has 0 aromatic carbocycles. The number of aliphatic hydroxyl groups is 1. The Hall–Kier alpha value is -0.190. The van der Waals surface area contributed by atoms with E-state index in [4.69, 9.17) is 14.9 Å². The standard InChI is InChI=1S/C10H23O4P.C5H10O/c1-2-3-4-5-6-7-8-9-10-14-15(11,12)13;1-2-3-4-5-6/h2-10H2,1H3,(H2,11,12,13);2-3,6H,4-5H2,1H3. The zero-order valence-corrected chi connectivity index (χ0v) is 14.4. The molecule has 0 radical (unpaired) electrons. The average Bonchev–Trinajstić information content (AvgIpc) is 2.43. The topological polar surface area (TPSA) is 87.0 Å². The molecule has 0 heterocycles. The second kappa shape index (κ2) is 17.9. The molecule has 0 bridgehead atoms. The number of phosphoric acid groups is 1. The number of phosphoric ester groups is 1. The van der Waals surface area contributed by atoms with Gasteiger partial charge in [0.15, 0.2) is 0 Å². The summed E-state index contributed by atoms with van der Waals surface area (Å²) >= 11 is 0. The van der Waals surface area contributed by atoms with Gasteiger partial charge in [0, 0.05) is 6.61 Å². The Labute approximate surface area is 129 Å². The zero-order chi connectivity index (χ0) is 16.4. The average molecular weight is 324 g/mol. The molecule has 0 aromatic rings. The maximum Gasteiger partial charge on any atom is 0.469 e. The fourth-order valence-corrected chi connectivity index (χ4v) is 2.03.